The van der Waals surface area contributed by atoms with E-state index in [-0.39, 0.29) is 12.6 Å². The van der Waals surface area contributed by atoms with Gasteiger partial charge < -0.3 is 20.1 Å². The monoisotopic (exact) mass is 328 g/mol. The lowest BCUT2D eigenvalue weighted by molar-refractivity contribution is 0.0531. The van der Waals surface area contributed by atoms with E-state index in [1.165, 1.54) is 4.90 Å². The number of carbonyl (C=O) groups is 1. The molecule has 5 heteroatoms. The quantitative estimate of drug-likeness (QED) is 0.854. The Labute approximate surface area is 142 Å². The first-order valence-corrected chi connectivity index (χ1v) is 7.87. The largest absolute Gasteiger partial charge is 0.457 e. The summed E-state index contributed by atoms with van der Waals surface area (Å²) in [7, 11) is 1.66. The van der Waals surface area contributed by atoms with Crippen LogP contribution in [0.2, 0.25) is 0 Å². The lowest BCUT2D eigenvalue weighted by atomic mass is 10.1. The number of urea groups is 1. The van der Waals surface area contributed by atoms with E-state index in [4.69, 9.17) is 4.74 Å². The number of aliphatic hydroxyl groups is 1. The summed E-state index contributed by atoms with van der Waals surface area (Å²) in [6.07, 6.45) is 0. The topological polar surface area (TPSA) is 61.8 Å². The first-order valence-electron chi connectivity index (χ1n) is 7.87. The Balaban J connectivity index is 1.91. The van der Waals surface area contributed by atoms with Gasteiger partial charge in [0.2, 0.25) is 0 Å². The summed E-state index contributed by atoms with van der Waals surface area (Å²) < 4.78 is 5.78. The number of nitrogens with one attached hydrogen (secondary N) is 1. The van der Waals surface area contributed by atoms with Crippen molar-refractivity contribution < 1.29 is 14.6 Å². The van der Waals surface area contributed by atoms with Gasteiger partial charge in [0.1, 0.15) is 11.5 Å². The summed E-state index contributed by atoms with van der Waals surface area (Å²) in [5.41, 5.74) is 0.0173. The van der Waals surface area contributed by atoms with Gasteiger partial charge in [-0.1, -0.05) is 30.3 Å². The molecule has 2 N–H and O–H groups in total. The number of likely N-dealkylation sites (N-methyl/N-ethyl adjacent to an activating group) is 1. The van der Waals surface area contributed by atoms with Crippen molar-refractivity contribution in [3.8, 4) is 11.5 Å². The maximum Gasteiger partial charge on any atom is 0.317 e. The number of nitrogens with zero attached hydrogens (tertiary/aromatic N) is 1. The van der Waals surface area contributed by atoms with Gasteiger partial charge in [0, 0.05) is 13.6 Å². The predicted molar refractivity (Wildman–Crippen MR) is 94.1 cm³/mol. The number of para-hydroxylation sites is 1. The Hall–Kier alpha value is -2.53. The van der Waals surface area contributed by atoms with Crippen LogP contribution in [0.15, 0.2) is 54.6 Å². The average Bonchev–Trinajstić information content (AvgIpc) is 2.52. The molecule has 0 saturated heterocycles. The van der Waals surface area contributed by atoms with Crippen molar-refractivity contribution >= 4 is 6.03 Å². The number of carbonyl (C=O) groups excluding carboxylic acids is 1. The minimum absolute atomic E-state index is 0.230. The van der Waals surface area contributed by atoms with Gasteiger partial charge in [0.05, 0.1) is 12.1 Å². The van der Waals surface area contributed by atoms with Crippen LogP contribution < -0.4 is 10.1 Å². The predicted octanol–water partition coefficient (Wildman–Crippen LogP) is 3.39. The third-order valence-corrected chi connectivity index (χ3v) is 3.29. The molecule has 2 rings (SSSR count). The SMILES string of the molecule is CN(CC(C)(C)O)C(=O)NCc1cccc(Oc2ccccc2)c1. The molecule has 0 aliphatic heterocycles. The molecular formula is C19H24N2O3. The third kappa shape index (κ3) is 5.93. The normalized spacial score (nSPS) is 11.0. The van der Waals surface area contributed by atoms with E-state index in [0.29, 0.717) is 6.54 Å². The fraction of sp³-hybridized carbons (Fsp3) is 0.316. The van der Waals surface area contributed by atoms with Crippen LogP contribution in [-0.2, 0) is 6.54 Å². The summed E-state index contributed by atoms with van der Waals surface area (Å²) in [4.78, 5) is 13.5. The molecule has 128 valence electrons. The fourth-order valence-corrected chi connectivity index (χ4v) is 2.31. The van der Waals surface area contributed by atoms with Crippen LogP contribution in [0.1, 0.15) is 19.4 Å². The van der Waals surface area contributed by atoms with Crippen LogP contribution >= 0.6 is 0 Å². The Morgan fingerprint density at radius 2 is 1.79 bits per heavy atom. The molecule has 0 heterocycles. The maximum absolute atomic E-state index is 12.0. The average molecular weight is 328 g/mol. The highest BCUT2D eigenvalue weighted by atomic mass is 16.5. The van der Waals surface area contributed by atoms with Gasteiger partial charge >= 0.3 is 6.03 Å². The number of hydrogen-bond acceptors (Lipinski definition) is 3. The van der Waals surface area contributed by atoms with Crippen molar-refractivity contribution in [3.05, 3.63) is 60.2 Å². The van der Waals surface area contributed by atoms with Crippen LogP contribution in [0.5, 0.6) is 11.5 Å². The summed E-state index contributed by atoms with van der Waals surface area (Å²) in [5.74, 6) is 1.49. The summed E-state index contributed by atoms with van der Waals surface area (Å²) in [6, 6.07) is 16.9. The van der Waals surface area contributed by atoms with Crippen molar-refractivity contribution in [3.63, 3.8) is 0 Å². The van der Waals surface area contributed by atoms with E-state index in [9.17, 15) is 9.90 Å². The van der Waals surface area contributed by atoms with Gasteiger partial charge in [0.25, 0.3) is 0 Å². The Kier molecular flexibility index (Phi) is 5.82. The van der Waals surface area contributed by atoms with E-state index < -0.39 is 5.60 Å². The van der Waals surface area contributed by atoms with Crippen molar-refractivity contribution in [2.24, 2.45) is 0 Å². The minimum atomic E-state index is -0.921. The van der Waals surface area contributed by atoms with E-state index in [2.05, 4.69) is 5.32 Å². The fourth-order valence-electron chi connectivity index (χ4n) is 2.31. The molecule has 24 heavy (non-hydrogen) atoms. The molecule has 0 fully saturated rings. The minimum Gasteiger partial charge on any atom is -0.457 e. The highest BCUT2D eigenvalue weighted by molar-refractivity contribution is 5.73. The van der Waals surface area contributed by atoms with Crippen molar-refractivity contribution in [1.82, 2.24) is 10.2 Å². The Bertz CT molecular complexity index is 666. The second-order valence-corrected chi connectivity index (χ2v) is 6.39. The molecule has 0 unspecified atom stereocenters. The molecule has 0 aliphatic rings. The number of hydrogen-bond donors (Lipinski definition) is 2. The Morgan fingerprint density at radius 3 is 2.46 bits per heavy atom. The van der Waals surface area contributed by atoms with Gasteiger partial charge in [-0.2, -0.15) is 0 Å². The molecule has 0 aromatic heterocycles. The lowest BCUT2D eigenvalue weighted by Crippen LogP contribution is -2.44. The molecular weight excluding hydrogens is 304 g/mol. The third-order valence-electron chi connectivity index (χ3n) is 3.29. The van der Waals surface area contributed by atoms with E-state index in [1.807, 2.05) is 54.6 Å². The molecule has 0 aliphatic carbocycles. The zero-order chi connectivity index (χ0) is 17.6. The first-order chi connectivity index (χ1) is 11.3. The molecule has 0 atom stereocenters. The summed E-state index contributed by atoms with van der Waals surface area (Å²) >= 11 is 0. The number of rotatable bonds is 6. The van der Waals surface area contributed by atoms with E-state index >= 15 is 0 Å². The van der Waals surface area contributed by atoms with Gasteiger partial charge in [0.15, 0.2) is 0 Å². The van der Waals surface area contributed by atoms with Crippen LogP contribution in [-0.4, -0.2) is 35.2 Å². The maximum atomic E-state index is 12.0. The van der Waals surface area contributed by atoms with Crippen LogP contribution in [0.3, 0.4) is 0 Å². The molecule has 2 amide bonds. The molecule has 2 aromatic carbocycles. The zero-order valence-electron chi connectivity index (χ0n) is 14.3. The molecule has 0 saturated carbocycles. The zero-order valence-corrected chi connectivity index (χ0v) is 14.3. The second-order valence-electron chi connectivity index (χ2n) is 6.39. The van der Waals surface area contributed by atoms with Crippen molar-refractivity contribution in [2.45, 2.75) is 26.0 Å². The number of ether oxygens (including phenoxy) is 1. The smallest absolute Gasteiger partial charge is 0.317 e. The molecule has 5 nitrogen and oxygen atoms in total. The van der Waals surface area contributed by atoms with Crippen LogP contribution in [0.4, 0.5) is 4.79 Å². The molecule has 2 aromatic rings. The van der Waals surface area contributed by atoms with Crippen LogP contribution in [0, 0.1) is 0 Å². The van der Waals surface area contributed by atoms with Gasteiger partial charge in [-0.25, -0.2) is 4.79 Å². The van der Waals surface area contributed by atoms with Gasteiger partial charge in [-0.05, 0) is 43.7 Å². The van der Waals surface area contributed by atoms with Crippen molar-refractivity contribution in [2.75, 3.05) is 13.6 Å². The summed E-state index contributed by atoms with van der Waals surface area (Å²) in [5, 5.41) is 12.6. The van der Waals surface area contributed by atoms with E-state index in [0.717, 1.165) is 17.1 Å². The molecule has 0 spiro atoms. The Morgan fingerprint density at radius 1 is 1.12 bits per heavy atom. The van der Waals surface area contributed by atoms with Gasteiger partial charge in [-0.15, -0.1) is 0 Å². The van der Waals surface area contributed by atoms with Crippen molar-refractivity contribution in [1.29, 1.82) is 0 Å². The van der Waals surface area contributed by atoms with Gasteiger partial charge in [-0.3, -0.25) is 0 Å². The number of benzene rings is 2. The first kappa shape index (κ1) is 17.8. The standard InChI is InChI=1S/C19H24N2O3/c1-19(2,23)14-21(3)18(22)20-13-15-8-7-11-17(12-15)24-16-9-5-4-6-10-16/h4-12,23H,13-14H2,1-3H3,(H,20,22). The molecule has 0 radical (unpaired) electrons. The lowest BCUT2D eigenvalue weighted by Gasteiger charge is -2.25. The number of amides is 2. The highest BCUT2D eigenvalue weighted by Gasteiger charge is 2.18. The summed E-state index contributed by atoms with van der Waals surface area (Å²) in [6.45, 7) is 3.99. The highest BCUT2D eigenvalue weighted by Crippen LogP contribution is 2.21. The van der Waals surface area contributed by atoms with Crippen LogP contribution in [0.25, 0.3) is 0 Å². The molecule has 0 bridgehead atoms. The van der Waals surface area contributed by atoms with E-state index in [1.54, 1.807) is 20.9 Å². The second kappa shape index (κ2) is 7.84.